The van der Waals surface area contributed by atoms with Crippen molar-refractivity contribution in [3.05, 3.63) is 41.3 Å². The van der Waals surface area contributed by atoms with Crippen LogP contribution in [0.2, 0.25) is 0 Å². The molecule has 0 atom stereocenters. The Labute approximate surface area is 69.5 Å². The maximum atomic E-state index is 12.9. The zero-order valence-corrected chi connectivity index (χ0v) is 6.38. The summed E-state index contributed by atoms with van der Waals surface area (Å²) in [6.07, 6.45) is 0.121. The first-order valence-corrected chi connectivity index (χ1v) is 3.47. The number of allylic oxidation sites excluding steroid dienone is 1. The summed E-state index contributed by atoms with van der Waals surface area (Å²) in [7, 11) is 0. The number of halogens is 1. The zero-order chi connectivity index (χ0) is 8.97. The van der Waals surface area contributed by atoms with Crippen LogP contribution >= 0.6 is 0 Å². The second-order valence-electron chi connectivity index (χ2n) is 2.40. The summed E-state index contributed by atoms with van der Waals surface area (Å²) in [5.74, 6) is 1.17. The van der Waals surface area contributed by atoms with Gasteiger partial charge in [0.2, 0.25) is 0 Å². The lowest BCUT2D eigenvalue weighted by atomic mass is 10.1. The van der Waals surface area contributed by atoms with Crippen molar-refractivity contribution in [2.45, 2.75) is 6.42 Å². The predicted molar refractivity (Wildman–Crippen MR) is 43.5 cm³/mol. The lowest BCUT2D eigenvalue weighted by Crippen LogP contribution is -2.03. The first kappa shape index (κ1) is 8.50. The third-order valence-corrected chi connectivity index (χ3v) is 1.47. The van der Waals surface area contributed by atoms with Crippen molar-refractivity contribution < 1.29 is 9.18 Å². The normalized spacial score (nSPS) is 9.08. The maximum Gasteiger partial charge on any atom is 0.145 e. The Kier molecular flexibility index (Phi) is 2.62. The van der Waals surface area contributed by atoms with Gasteiger partial charge in [0, 0.05) is 6.42 Å². The van der Waals surface area contributed by atoms with Crippen molar-refractivity contribution >= 4 is 5.94 Å². The first-order chi connectivity index (χ1) is 5.74. The Bertz CT molecular complexity index is 329. The van der Waals surface area contributed by atoms with E-state index >= 15 is 0 Å². The Morgan fingerprint density at radius 1 is 1.50 bits per heavy atom. The fraction of sp³-hybridized carbons (Fsp3) is 0.111. The van der Waals surface area contributed by atoms with Crippen LogP contribution in [0.1, 0.15) is 5.56 Å². The summed E-state index contributed by atoms with van der Waals surface area (Å²) < 4.78 is 12.9. The number of hydrogen-bond donors (Lipinski definition) is 1. The van der Waals surface area contributed by atoms with Gasteiger partial charge in [0.25, 0.3) is 0 Å². The van der Waals surface area contributed by atoms with Crippen LogP contribution < -0.4 is 5.73 Å². The van der Waals surface area contributed by atoms with Crippen molar-refractivity contribution in [2.24, 2.45) is 5.73 Å². The lowest BCUT2D eigenvalue weighted by Gasteiger charge is -1.99. The van der Waals surface area contributed by atoms with Gasteiger partial charge in [-0.1, -0.05) is 18.2 Å². The van der Waals surface area contributed by atoms with Gasteiger partial charge in [0.15, 0.2) is 0 Å². The Balaban J connectivity index is 2.90. The van der Waals surface area contributed by atoms with E-state index < -0.39 is 0 Å². The van der Waals surface area contributed by atoms with Crippen LogP contribution in [0, 0.1) is 5.82 Å². The Hall–Kier alpha value is -1.60. The van der Waals surface area contributed by atoms with Gasteiger partial charge >= 0.3 is 0 Å². The summed E-state index contributed by atoms with van der Waals surface area (Å²) in [4.78, 5) is 10.0. The Morgan fingerprint density at radius 3 is 2.75 bits per heavy atom. The highest BCUT2D eigenvalue weighted by Gasteiger charge is 2.01. The van der Waals surface area contributed by atoms with Crippen LogP contribution in [0.3, 0.4) is 0 Å². The fourth-order valence-electron chi connectivity index (χ4n) is 0.883. The monoisotopic (exact) mass is 165 g/mol. The number of nitrogens with two attached hydrogens (primary N) is 1. The molecule has 1 rings (SSSR count). The average Bonchev–Trinajstić information content (AvgIpc) is 2.09. The number of rotatable bonds is 2. The van der Waals surface area contributed by atoms with Crippen LogP contribution in [0.4, 0.5) is 4.39 Å². The largest absolute Gasteiger partial charge is 0.393 e. The molecule has 0 saturated heterocycles. The molecule has 0 aliphatic rings. The minimum Gasteiger partial charge on any atom is -0.393 e. The van der Waals surface area contributed by atoms with E-state index in [9.17, 15) is 9.18 Å². The van der Waals surface area contributed by atoms with Crippen LogP contribution in [0.25, 0.3) is 0 Å². The predicted octanol–water partition coefficient (Wildman–Crippen LogP) is 1.04. The van der Waals surface area contributed by atoms with Gasteiger partial charge in [0.05, 0.1) is 5.70 Å². The van der Waals surface area contributed by atoms with Crippen LogP contribution in [0.15, 0.2) is 30.0 Å². The highest BCUT2D eigenvalue weighted by Crippen LogP contribution is 2.08. The van der Waals surface area contributed by atoms with E-state index in [1.807, 2.05) is 0 Å². The van der Waals surface area contributed by atoms with E-state index in [0.717, 1.165) is 0 Å². The molecule has 12 heavy (non-hydrogen) atoms. The van der Waals surface area contributed by atoms with Crippen molar-refractivity contribution in [2.75, 3.05) is 0 Å². The second kappa shape index (κ2) is 3.69. The van der Waals surface area contributed by atoms with Crippen LogP contribution in [-0.2, 0) is 11.2 Å². The first-order valence-electron chi connectivity index (χ1n) is 3.47. The lowest BCUT2D eigenvalue weighted by molar-refractivity contribution is 0.565. The van der Waals surface area contributed by atoms with Gasteiger partial charge in [-0.2, -0.15) is 0 Å². The van der Waals surface area contributed by atoms with Crippen molar-refractivity contribution in [3.63, 3.8) is 0 Å². The Morgan fingerprint density at radius 2 is 2.17 bits per heavy atom. The standard InChI is InChI=1S/C9H8FNO/c10-9-4-2-1-3-7(9)5-8(11)6-12/h1-4H,5,11H2. The third kappa shape index (κ3) is 1.94. The highest BCUT2D eigenvalue weighted by molar-refractivity contribution is 5.52. The van der Waals surface area contributed by atoms with Gasteiger partial charge in [0.1, 0.15) is 11.8 Å². The SMILES string of the molecule is NC(=C=O)Cc1ccccc1F. The molecule has 2 nitrogen and oxygen atoms in total. The van der Waals surface area contributed by atoms with Crippen molar-refractivity contribution in [1.29, 1.82) is 0 Å². The molecular weight excluding hydrogens is 157 g/mol. The van der Waals surface area contributed by atoms with Gasteiger partial charge in [-0.25, -0.2) is 9.18 Å². The summed E-state index contributed by atoms with van der Waals surface area (Å²) in [5.41, 5.74) is 5.63. The molecule has 0 radical (unpaired) electrons. The molecule has 0 spiro atoms. The zero-order valence-electron chi connectivity index (χ0n) is 6.38. The maximum absolute atomic E-state index is 12.9. The number of carbonyl (C=O) groups excluding carboxylic acids is 1. The van der Waals surface area contributed by atoms with Crippen LogP contribution in [0.5, 0.6) is 0 Å². The summed E-state index contributed by atoms with van der Waals surface area (Å²) in [5, 5.41) is 0. The molecule has 0 aliphatic heterocycles. The molecule has 2 N–H and O–H groups in total. The summed E-state index contributed by atoms with van der Waals surface area (Å²) in [6, 6.07) is 6.18. The van der Waals surface area contributed by atoms with Gasteiger partial charge < -0.3 is 5.73 Å². The van der Waals surface area contributed by atoms with E-state index in [0.29, 0.717) is 5.56 Å². The van der Waals surface area contributed by atoms with E-state index in [4.69, 9.17) is 5.73 Å². The molecule has 1 aromatic rings. The minimum absolute atomic E-state index is 0.0140. The summed E-state index contributed by atoms with van der Waals surface area (Å²) in [6.45, 7) is 0. The number of benzene rings is 1. The fourth-order valence-corrected chi connectivity index (χ4v) is 0.883. The topological polar surface area (TPSA) is 43.1 Å². The number of hydrogen-bond acceptors (Lipinski definition) is 2. The van der Waals surface area contributed by atoms with Crippen molar-refractivity contribution in [1.82, 2.24) is 0 Å². The van der Waals surface area contributed by atoms with Gasteiger partial charge in [-0.15, -0.1) is 0 Å². The quantitative estimate of drug-likeness (QED) is 0.665. The minimum atomic E-state index is -0.351. The molecule has 62 valence electrons. The molecular formula is C9H8FNO. The average molecular weight is 165 g/mol. The molecule has 0 heterocycles. The molecule has 0 fully saturated rings. The van der Waals surface area contributed by atoms with E-state index in [1.54, 1.807) is 18.2 Å². The molecule has 3 heteroatoms. The van der Waals surface area contributed by atoms with E-state index in [-0.39, 0.29) is 17.9 Å². The highest BCUT2D eigenvalue weighted by atomic mass is 19.1. The van der Waals surface area contributed by atoms with Crippen LogP contribution in [-0.4, -0.2) is 5.94 Å². The molecule has 0 unspecified atom stereocenters. The van der Waals surface area contributed by atoms with Gasteiger partial charge in [-0.05, 0) is 11.6 Å². The molecule has 0 aliphatic carbocycles. The van der Waals surface area contributed by atoms with E-state index in [1.165, 1.54) is 12.0 Å². The smallest absolute Gasteiger partial charge is 0.145 e. The third-order valence-electron chi connectivity index (χ3n) is 1.47. The summed E-state index contributed by atoms with van der Waals surface area (Å²) >= 11 is 0. The van der Waals surface area contributed by atoms with E-state index in [2.05, 4.69) is 0 Å². The molecule has 0 aromatic heterocycles. The van der Waals surface area contributed by atoms with Gasteiger partial charge in [-0.3, -0.25) is 0 Å². The molecule has 0 amide bonds. The molecule has 0 bridgehead atoms. The molecule has 1 aromatic carbocycles. The van der Waals surface area contributed by atoms with Crippen molar-refractivity contribution in [3.8, 4) is 0 Å². The molecule has 0 saturated carbocycles. The second-order valence-corrected chi connectivity index (χ2v) is 2.40.